The Bertz CT molecular complexity index is 374. The third kappa shape index (κ3) is 12.2. The van der Waals surface area contributed by atoms with E-state index in [0.29, 0.717) is 6.61 Å². The highest BCUT2D eigenvalue weighted by Crippen LogP contribution is 2.18. The lowest BCUT2D eigenvalue weighted by Crippen LogP contribution is -2.40. The summed E-state index contributed by atoms with van der Waals surface area (Å²) in [6.45, 7) is 3.02. The second kappa shape index (κ2) is 17.4. The number of hydrogen-bond donors (Lipinski definition) is 3. The van der Waals surface area contributed by atoms with Crippen LogP contribution in [0.25, 0.3) is 0 Å². The summed E-state index contributed by atoms with van der Waals surface area (Å²) in [5, 5.41) is 29.0. The van der Waals surface area contributed by atoms with Crippen LogP contribution in [-0.4, -0.2) is 59.6 Å². The third-order valence-electron chi connectivity index (χ3n) is 5.42. The highest BCUT2D eigenvalue weighted by molar-refractivity contribution is 4.87. The molecule has 5 nitrogen and oxygen atoms in total. The Labute approximate surface area is 172 Å². The van der Waals surface area contributed by atoms with Crippen LogP contribution in [0.1, 0.15) is 90.4 Å². The van der Waals surface area contributed by atoms with Crippen LogP contribution in [0.15, 0.2) is 12.2 Å². The molecule has 0 aromatic heterocycles. The number of allylic oxidation sites excluding steroid dienone is 2. The van der Waals surface area contributed by atoms with Gasteiger partial charge in [0.1, 0.15) is 24.4 Å². The van der Waals surface area contributed by atoms with Gasteiger partial charge in [0.25, 0.3) is 0 Å². The summed E-state index contributed by atoms with van der Waals surface area (Å²) in [6.07, 6.45) is 17.6. The molecule has 0 amide bonds. The first-order valence-corrected chi connectivity index (χ1v) is 11.5. The molecule has 1 heterocycles. The van der Waals surface area contributed by atoms with Gasteiger partial charge in [-0.3, -0.25) is 0 Å². The maximum absolute atomic E-state index is 9.94. The van der Waals surface area contributed by atoms with E-state index in [0.717, 1.165) is 19.3 Å². The van der Waals surface area contributed by atoms with Gasteiger partial charge in [-0.2, -0.15) is 0 Å². The van der Waals surface area contributed by atoms with Gasteiger partial charge in [0.05, 0.1) is 13.2 Å². The lowest BCUT2D eigenvalue weighted by Gasteiger charge is -2.20. The Morgan fingerprint density at radius 3 is 2.00 bits per heavy atom. The Kier molecular flexibility index (Phi) is 15.9. The molecule has 28 heavy (non-hydrogen) atoms. The van der Waals surface area contributed by atoms with Gasteiger partial charge in [0.15, 0.2) is 0 Å². The predicted octanol–water partition coefficient (Wildman–Crippen LogP) is 4.13. The van der Waals surface area contributed by atoms with Crippen molar-refractivity contribution in [1.29, 1.82) is 0 Å². The van der Waals surface area contributed by atoms with Crippen LogP contribution in [0.3, 0.4) is 0 Å². The molecule has 0 aliphatic carbocycles. The number of hydrogen-bond acceptors (Lipinski definition) is 5. The fourth-order valence-corrected chi connectivity index (χ4v) is 3.61. The molecule has 0 saturated carbocycles. The van der Waals surface area contributed by atoms with Crippen molar-refractivity contribution in [2.24, 2.45) is 0 Å². The lowest BCUT2D eigenvalue weighted by atomic mass is 10.1. The Morgan fingerprint density at radius 2 is 1.46 bits per heavy atom. The van der Waals surface area contributed by atoms with Crippen LogP contribution in [0.4, 0.5) is 0 Å². The number of aliphatic hydroxyl groups is 3. The minimum Gasteiger partial charge on any atom is -0.388 e. The van der Waals surface area contributed by atoms with Crippen molar-refractivity contribution in [3.8, 4) is 0 Å². The summed E-state index contributed by atoms with van der Waals surface area (Å²) < 4.78 is 10.7. The fraction of sp³-hybridized carbons (Fsp3) is 0.913. The van der Waals surface area contributed by atoms with Gasteiger partial charge >= 0.3 is 0 Å². The molecule has 1 saturated heterocycles. The second-order valence-corrected chi connectivity index (χ2v) is 8.06. The van der Waals surface area contributed by atoms with Crippen molar-refractivity contribution in [2.75, 3.05) is 19.8 Å². The van der Waals surface area contributed by atoms with Gasteiger partial charge in [-0.15, -0.1) is 0 Å². The molecule has 0 radical (unpaired) electrons. The summed E-state index contributed by atoms with van der Waals surface area (Å²) in [4.78, 5) is 0. The highest BCUT2D eigenvalue weighted by Gasteiger charge is 2.39. The molecular weight excluding hydrogens is 356 g/mol. The van der Waals surface area contributed by atoms with E-state index in [9.17, 15) is 15.3 Å². The quantitative estimate of drug-likeness (QED) is 0.238. The van der Waals surface area contributed by atoms with Gasteiger partial charge in [-0.25, -0.2) is 0 Å². The molecule has 166 valence electrons. The molecule has 0 aromatic carbocycles. The van der Waals surface area contributed by atoms with E-state index in [2.05, 4.69) is 19.1 Å². The maximum Gasteiger partial charge on any atom is 0.114 e. The lowest BCUT2D eigenvalue weighted by molar-refractivity contribution is -0.0813. The topological polar surface area (TPSA) is 79.2 Å². The van der Waals surface area contributed by atoms with E-state index in [1.165, 1.54) is 64.2 Å². The van der Waals surface area contributed by atoms with Crippen LogP contribution in [0.5, 0.6) is 0 Å². The van der Waals surface area contributed by atoms with E-state index in [1.54, 1.807) is 0 Å². The van der Waals surface area contributed by atoms with Crippen LogP contribution in [-0.2, 0) is 9.47 Å². The van der Waals surface area contributed by atoms with Crippen LogP contribution in [0, 0.1) is 0 Å². The Hall–Kier alpha value is -0.460. The van der Waals surface area contributed by atoms with Gasteiger partial charge < -0.3 is 24.8 Å². The first-order chi connectivity index (χ1) is 13.7. The minimum atomic E-state index is -1.03. The molecule has 1 aliphatic heterocycles. The molecule has 0 bridgehead atoms. The van der Waals surface area contributed by atoms with Crippen LogP contribution in [0.2, 0.25) is 0 Å². The normalized spacial score (nSPS) is 23.6. The zero-order valence-corrected chi connectivity index (χ0v) is 17.9. The summed E-state index contributed by atoms with van der Waals surface area (Å²) >= 11 is 0. The molecule has 0 aromatic rings. The largest absolute Gasteiger partial charge is 0.388 e. The van der Waals surface area contributed by atoms with Crippen molar-refractivity contribution in [1.82, 2.24) is 0 Å². The maximum atomic E-state index is 9.94. The van der Waals surface area contributed by atoms with Gasteiger partial charge in [-0.05, 0) is 25.7 Å². The SMILES string of the molecule is CC/C=C/CCCCCCCCCCCCCOC[C@H](O)[C@@H]1OC[C@@H](O)[C@@H]1O. The standard InChI is InChI=1S/C23H44O5/c1-2-3-4-5-6-7-8-9-10-11-12-13-14-15-16-17-27-18-21(25)23-22(26)20(24)19-28-23/h3-4,20-26H,2,5-19H2,1H3/b4-3+/t20-,21+,22+,23+/m1/s1. The van der Waals surface area contributed by atoms with Crippen molar-refractivity contribution >= 4 is 0 Å². The second-order valence-electron chi connectivity index (χ2n) is 8.06. The van der Waals surface area contributed by atoms with Gasteiger partial charge in [0.2, 0.25) is 0 Å². The summed E-state index contributed by atoms with van der Waals surface area (Å²) in [5.74, 6) is 0. The van der Waals surface area contributed by atoms with Crippen LogP contribution >= 0.6 is 0 Å². The zero-order chi connectivity index (χ0) is 20.5. The average molecular weight is 401 g/mol. The molecule has 0 spiro atoms. The first-order valence-electron chi connectivity index (χ1n) is 11.5. The predicted molar refractivity (Wildman–Crippen MR) is 113 cm³/mol. The number of rotatable bonds is 18. The molecule has 5 heteroatoms. The van der Waals surface area contributed by atoms with E-state index < -0.39 is 24.4 Å². The fourth-order valence-electron chi connectivity index (χ4n) is 3.61. The molecule has 1 rings (SSSR count). The first kappa shape index (κ1) is 25.6. The summed E-state index contributed by atoms with van der Waals surface area (Å²) in [5.41, 5.74) is 0. The number of unbranched alkanes of at least 4 members (excludes halogenated alkanes) is 11. The Morgan fingerprint density at radius 1 is 0.893 bits per heavy atom. The zero-order valence-electron chi connectivity index (χ0n) is 17.9. The molecule has 4 atom stereocenters. The number of aliphatic hydroxyl groups excluding tert-OH is 3. The van der Waals surface area contributed by atoms with E-state index in [-0.39, 0.29) is 13.2 Å². The minimum absolute atomic E-state index is 0.0690. The van der Waals surface area contributed by atoms with E-state index in [4.69, 9.17) is 9.47 Å². The summed E-state index contributed by atoms with van der Waals surface area (Å²) in [7, 11) is 0. The highest BCUT2D eigenvalue weighted by atomic mass is 16.5. The van der Waals surface area contributed by atoms with Crippen molar-refractivity contribution < 1.29 is 24.8 Å². The smallest absolute Gasteiger partial charge is 0.114 e. The molecule has 3 N–H and O–H groups in total. The third-order valence-corrected chi connectivity index (χ3v) is 5.42. The summed E-state index contributed by atoms with van der Waals surface area (Å²) in [6, 6.07) is 0. The van der Waals surface area contributed by atoms with Crippen molar-refractivity contribution in [3.05, 3.63) is 12.2 Å². The van der Waals surface area contributed by atoms with Crippen molar-refractivity contribution in [3.63, 3.8) is 0 Å². The molecule has 1 aliphatic rings. The molecule has 0 unspecified atom stereocenters. The van der Waals surface area contributed by atoms with E-state index >= 15 is 0 Å². The number of ether oxygens (including phenoxy) is 2. The average Bonchev–Trinajstić information content (AvgIpc) is 3.03. The van der Waals surface area contributed by atoms with E-state index in [1.807, 2.05) is 0 Å². The molecular formula is C23H44O5. The Balaban J connectivity index is 1.77. The monoisotopic (exact) mass is 400 g/mol. The van der Waals surface area contributed by atoms with Gasteiger partial charge in [0, 0.05) is 6.61 Å². The van der Waals surface area contributed by atoms with Crippen LogP contribution < -0.4 is 0 Å². The van der Waals surface area contributed by atoms with Crippen molar-refractivity contribution in [2.45, 2.75) is 115 Å². The molecule has 1 fully saturated rings. The van der Waals surface area contributed by atoms with Gasteiger partial charge in [-0.1, -0.05) is 76.9 Å².